The molecule has 1 amide bonds. The number of carbonyl (C=O) groups excluding carboxylic acids is 1. The number of aryl methyl sites for hydroxylation is 2. The van der Waals surface area contributed by atoms with Crippen LogP contribution < -0.4 is 11.1 Å². The van der Waals surface area contributed by atoms with Gasteiger partial charge in [-0.2, -0.15) is 0 Å². The van der Waals surface area contributed by atoms with Gasteiger partial charge >= 0.3 is 0 Å². The molecule has 0 aliphatic rings. The SMILES string of the molecule is Cc1ccc(C(=O)Nc2ccc(CCCN)cc2)cc1. The van der Waals surface area contributed by atoms with Crippen molar-refractivity contribution < 1.29 is 4.79 Å². The molecule has 0 bridgehead atoms. The summed E-state index contributed by atoms with van der Waals surface area (Å²) >= 11 is 0. The first-order chi connectivity index (χ1) is 9.69. The van der Waals surface area contributed by atoms with Crippen LogP contribution in [0.3, 0.4) is 0 Å². The molecule has 0 atom stereocenters. The molecular formula is C17H20N2O. The second-order valence-corrected chi connectivity index (χ2v) is 4.91. The quantitative estimate of drug-likeness (QED) is 0.875. The van der Waals surface area contributed by atoms with E-state index in [1.165, 1.54) is 5.56 Å². The van der Waals surface area contributed by atoms with Crippen molar-refractivity contribution in [3.8, 4) is 0 Å². The standard InChI is InChI=1S/C17H20N2O/c1-13-4-8-15(9-5-13)17(20)19-16-10-6-14(7-11-16)3-2-12-18/h4-11H,2-3,12,18H2,1H3,(H,19,20). The Morgan fingerprint density at radius 1 is 1.05 bits per heavy atom. The van der Waals surface area contributed by atoms with Crippen molar-refractivity contribution in [3.63, 3.8) is 0 Å². The Morgan fingerprint density at radius 2 is 1.70 bits per heavy atom. The third-order valence-electron chi connectivity index (χ3n) is 3.20. The predicted octanol–water partition coefficient (Wildman–Crippen LogP) is 3.14. The molecule has 20 heavy (non-hydrogen) atoms. The lowest BCUT2D eigenvalue weighted by molar-refractivity contribution is 0.102. The molecule has 104 valence electrons. The van der Waals surface area contributed by atoms with Gasteiger partial charge in [-0.1, -0.05) is 29.8 Å². The van der Waals surface area contributed by atoms with E-state index in [-0.39, 0.29) is 5.91 Å². The monoisotopic (exact) mass is 268 g/mol. The van der Waals surface area contributed by atoms with E-state index in [4.69, 9.17) is 5.73 Å². The Hall–Kier alpha value is -2.13. The average molecular weight is 268 g/mol. The van der Waals surface area contributed by atoms with Gasteiger partial charge in [0, 0.05) is 11.3 Å². The lowest BCUT2D eigenvalue weighted by Crippen LogP contribution is -2.11. The van der Waals surface area contributed by atoms with E-state index >= 15 is 0 Å². The van der Waals surface area contributed by atoms with Gasteiger partial charge in [-0.3, -0.25) is 4.79 Å². The summed E-state index contributed by atoms with van der Waals surface area (Å²) < 4.78 is 0. The average Bonchev–Trinajstić information content (AvgIpc) is 2.47. The minimum atomic E-state index is -0.0836. The van der Waals surface area contributed by atoms with Crippen LogP contribution in [-0.2, 0) is 6.42 Å². The fourth-order valence-corrected chi connectivity index (χ4v) is 1.97. The highest BCUT2D eigenvalue weighted by molar-refractivity contribution is 6.04. The molecule has 0 aromatic heterocycles. The number of benzene rings is 2. The van der Waals surface area contributed by atoms with Crippen LogP contribution in [0.5, 0.6) is 0 Å². The Morgan fingerprint density at radius 3 is 2.30 bits per heavy atom. The van der Waals surface area contributed by atoms with Crippen LogP contribution in [0.2, 0.25) is 0 Å². The van der Waals surface area contributed by atoms with E-state index in [2.05, 4.69) is 5.32 Å². The number of rotatable bonds is 5. The van der Waals surface area contributed by atoms with Crippen LogP contribution >= 0.6 is 0 Å². The number of nitrogens with two attached hydrogens (primary N) is 1. The third kappa shape index (κ3) is 3.93. The van der Waals surface area contributed by atoms with Crippen molar-refractivity contribution in [2.45, 2.75) is 19.8 Å². The first kappa shape index (κ1) is 14.3. The van der Waals surface area contributed by atoms with E-state index in [0.29, 0.717) is 12.1 Å². The topological polar surface area (TPSA) is 55.1 Å². The Bertz CT molecular complexity index is 559. The highest BCUT2D eigenvalue weighted by Crippen LogP contribution is 2.13. The first-order valence-electron chi connectivity index (χ1n) is 6.86. The summed E-state index contributed by atoms with van der Waals surface area (Å²) in [6.07, 6.45) is 1.96. The number of hydrogen-bond acceptors (Lipinski definition) is 2. The lowest BCUT2D eigenvalue weighted by atomic mass is 10.1. The minimum Gasteiger partial charge on any atom is -0.330 e. The zero-order valence-corrected chi connectivity index (χ0v) is 11.7. The molecule has 3 N–H and O–H groups in total. The van der Waals surface area contributed by atoms with Gasteiger partial charge in [0.1, 0.15) is 0 Å². The summed E-state index contributed by atoms with van der Waals surface area (Å²) in [7, 11) is 0. The molecule has 0 radical (unpaired) electrons. The number of carbonyl (C=O) groups is 1. The summed E-state index contributed by atoms with van der Waals surface area (Å²) in [5.41, 5.74) is 9.36. The smallest absolute Gasteiger partial charge is 0.255 e. The van der Waals surface area contributed by atoms with Gasteiger partial charge in [0.2, 0.25) is 0 Å². The van der Waals surface area contributed by atoms with Crippen LogP contribution in [-0.4, -0.2) is 12.5 Å². The van der Waals surface area contributed by atoms with Gasteiger partial charge in [0.05, 0.1) is 0 Å². The number of anilines is 1. The molecule has 0 heterocycles. The molecule has 2 aromatic rings. The van der Waals surface area contributed by atoms with Gasteiger partial charge in [-0.25, -0.2) is 0 Å². The fourth-order valence-electron chi connectivity index (χ4n) is 1.97. The molecule has 0 spiro atoms. The van der Waals surface area contributed by atoms with Gasteiger partial charge in [-0.15, -0.1) is 0 Å². The second-order valence-electron chi connectivity index (χ2n) is 4.91. The van der Waals surface area contributed by atoms with Crippen molar-refractivity contribution in [2.24, 2.45) is 5.73 Å². The van der Waals surface area contributed by atoms with E-state index in [9.17, 15) is 4.79 Å². The summed E-state index contributed by atoms with van der Waals surface area (Å²) in [6.45, 7) is 2.70. The van der Waals surface area contributed by atoms with Crippen LogP contribution in [0.15, 0.2) is 48.5 Å². The number of amides is 1. The highest BCUT2D eigenvalue weighted by Gasteiger charge is 2.05. The molecule has 2 aromatic carbocycles. The zero-order valence-electron chi connectivity index (χ0n) is 11.7. The van der Waals surface area contributed by atoms with Crippen molar-refractivity contribution in [1.29, 1.82) is 0 Å². The molecule has 0 saturated heterocycles. The van der Waals surface area contributed by atoms with Gasteiger partial charge in [0.15, 0.2) is 0 Å². The van der Waals surface area contributed by atoms with E-state index in [1.54, 1.807) is 0 Å². The Labute approximate surface area is 119 Å². The Kier molecular flexibility index (Phi) is 4.91. The van der Waals surface area contributed by atoms with E-state index in [1.807, 2.05) is 55.5 Å². The van der Waals surface area contributed by atoms with Crippen LogP contribution in [0.1, 0.15) is 27.9 Å². The highest BCUT2D eigenvalue weighted by atomic mass is 16.1. The molecule has 2 rings (SSSR count). The lowest BCUT2D eigenvalue weighted by Gasteiger charge is -2.07. The molecule has 0 saturated carbocycles. The van der Waals surface area contributed by atoms with Gasteiger partial charge in [-0.05, 0) is 56.1 Å². The minimum absolute atomic E-state index is 0.0836. The first-order valence-corrected chi connectivity index (χ1v) is 6.86. The maximum absolute atomic E-state index is 12.1. The van der Waals surface area contributed by atoms with Gasteiger partial charge in [0.25, 0.3) is 5.91 Å². The normalized spacial score (nSPS) is 10.3. The maximum atomic E-state index is 12.1. The number of nitrogens with one attached hydrogen (secondary N) is 1. The summed E-state index contributed by atoms with van der Waals surface area (Å²) in [5.74, 6) is -0.0836. The molecule has 0 aliphatic carbocycles. The summed E-state index contributed by atoms with van der Waals surface area (Å²) in [6, 6.07) is 15.5. The largest absolute Gasteiger partial charge is 0.330 e. The van der Waals surface area contributed by atoms with E-state index in [0.717, 1.165) is 24.1 Å². The maximum Gasteiger partial charge on any atom is 0.255 e. The van der Waals surface area contributed by atoms with Crippen molar-refractivity contribution >= 4 is 11.6 Å². The van der Waals surface area contributed by atoms with Gasteiger partial charge < -0.3 is 11.1 Å². The summed E-state index contributed by atoms with van der Waals surface area (Å²) in [4.78, 5) is 12.1. The third-order valence-corrected chi connectivity index (χ3v) is 3.20. The van der Waals surface area contributed by atoms with Crippen molar-refractivity contribution in [2.75, 3.05) is 11.9 Å². The zero-order chi connectivity index (χ0) is 14.4. The molecular weight excluding hydrogens is 248 g/mol. The van der Waals surface area contributed by atoms with E-state index < -0.39 is 0 Å². The molecule has 0 unspecified atom stereocenters. The summed E-state index contributed by atoms with van der Waals surface area (Å²) in [5, 5.41) is 2.90. The van der Waals surface area contributed by atoms with Crippen molar-refractivity contribution in [3.05, 3.63) is 65.2 Å². The fraction of sp³-hybridized carbons (Fsp3) is 0.235. The molecule has 0 aliphatic heterocycles. The molecule has 3 nitrogen and oxygen atoms in total. The molecule has 0 fully saturated rings. The van der Waals surface area contributed by atoms with Crippen molar-refractivity contribution in [1.82, 2.24) is 0 Å². The van der Waals surface area contributed by atoms with Crippen LogP contribution in [0, 0.1) is 6.92 Å². The van der Waals surface area contributed by atoms with Crippen LogP contribution in [0.4, 0.5) is 5.69 Å². The Balaban J connectivity index is 1.99. The van der Waals surface area contributed by atoms with Crippen LogP contribution in [0.25, 0.3) is 0 Å². The predicted molar refractivity (Wildman–Crippen MR) is 82.9 cm³/mol. The number of hydrogen-bond donors (Lipinski definition) is 2. The molecule has 3 heteroatoms. The second kappa shape index (κ2) is 6.87.